The Labute approximate surface area is 118 Å². The van der Waals surface area contributed by atoms with Crippen molar-refractivity contribution in [2.75, 3.05) is 10.6 Å². The molecule has 0 radical (unpaired) electrons. The van der Waals surface area contributed by atoms with Crippen LogP contribution in [0.2, 0.25) is 0 Å². The molecule has 2 atom stereocenters. The van der Waals surface area contributed by atoms with Gasteiger partial charge in [-0.15, -0.1) is 0 Å². The number of nitrogens with one attached hydrogen (secondary N) is 2. The standard InChI is InChI=1S/C15H21N3O2/c1-10(19)17-11-5-7-12(8-6-11)18-14(20)15(2)9-3-4-13(15)16/h5-8,13H,3-4,9,16H2,1-2H3,(H,17,19)(H,18,20). The topological polar surface area (TPSA) is 84.2 Å². The molecule has 2 rings (SSSR count). The largest absolute Gasteiger partial charge is 0.327 e. The van der Waals surface area contributed by atoms with E-state index >= 15 is 0 Å². The van der Waals surface area contributed by atoms with Gasteiger partial charge in [0, 0.05) is 24.3 Å². The van der Waals surface area contributed by atoms with Crippen molar-refractivity contribution in [3.05, 3.63) is 24.3 Å². The average Bonchev–Trinajstić information content (AvgIpc) is 2.73. The van der Waals surface area contributed by atoms with Gasteiger partial charge in [0.05, 0.1) is 5.41 Å². The molecule has 0 heterocycles. The fourth-order valence-corrected chi connectivity index (χ4v) is 2.59. The highest BCUT2D eigenvalue weighted by atomic mass is 16.2. The first-order valence-corrected chi connectivity index (χ1v) is 6.86. The van der Waals surface area contributed by atoms with E-state index in [0.717, 1.165) is 19.3 Å². The molecule has 0 saturated heterocycles. The van der Waals surface area contributed by atoms with Crippen molar-refractivity contribution in [1.29, 1.82) is 0 Å². The van der Waals surface area contributed by atoms with Crippen LogP contribution < -0.4 is 16.4 Å². The molecule has 108 valence electrons. The van der Waals surface area contributed by atoms with Crippen molar-refractivity contribution in [2.24, 2.45) is 11.1 Å². The third kappa shape index (κ3) is 2.99. The van der Waals surface area contributed by atoms with Crippen molar-refractivity contribution < 1.29 is 9.59 Å². The van der Waals surface area contributed by atoms with Gasteiger partial charge in [0.15, 0.2) is 0 Å². The fourth-order valence-electron chi connectivity index (χ4n) is 2.59. The van der Waals surface area contributed by atoms with E-state index in [2.05, 4.69) is 10.6 Å². The summed E-state index contributed by atoms with van der Waals surface area (Å²) >= 11 is 0. The number of hydrogen-bond acceptors (Lipinski definition) is 3. The highest BCUT2D eigenvalue weighted by Crippen LogP contribution is 2.37. The summed E-state index contributed by atoms with van der Waals surface area (Å²) in [6, 6.07) is 6.98. The van der Waals surface area contributed by atoms with Crippen molar-refractivity contribution in [3.63, 3.8) is 0 Å². The van der Waals surface area contributed by atoms with Gasteiger partial charge >= 0.3 is 0 Å². The molecular formula is C15H21N3O2. The van der Waals surface area contributed by atoms with E-state index in [4.69, 9.17) is 5.73 Å². The zero-order chi connectivity index (χ0) is 14.8. The van der Waals surface area contributed by atoms with Gasteiger partial charge in [0.25, 0.3) is 0 Å². The van der Waals surface area contributed by atoms with Crippen LogP contribution in [0.5, 0.6) is 0 Å². The highest BCUT2D eigenvalue weighted by Gasteiger charge is 2.42. The van der Waals surface area contributed by atoms with Crippen LogP contribution in [-0.2, 0) is 9.59 Å². The zero-order valence-corrected chi connectivity index (χ0v) is 11.9. The van der Waals surface area contributed by atoms with Gasteiger partial charge in [-0.1, -0.05) is 6.42 Å². The molecule has 0 spiro atoms. The van der Waals surface area contributed by atoms with E-state index in [1.807, 2.05) is 6.92 Å². The first-order chi connectivity index (χ1) is 9.41. The van der Waals surface area contributed by atoms with Gasteiger partial charge in [-0.05, 0) is 44.0 Å². The zero-order valence-electron chi connectivity index (χ0n) is 11.9. The van der Waals surface area contributed by atoms with Crippen LogP contribution in [-0.4, -0.2) is 17.9 Å². The molecule has 4 N–H and O–H groups in total. The molecule has 1 fully saturated rings. The van der Waals surface area contributed by atoms with Gasteiger partial charge in [0.2, 0.25) is 11.8 Å². The minimum absolute atomic E-state index is 0.0326. The minimum atomic E-state index is -0.490. The summed E-state index contributed by atoms with van der Waals surface area (Å²) in [7, 11) is 0. The molecule has 2 unspecified atom stereocenters. The van der Waals surface area contributed by atoms with Crippen LogP contribution >= 0.6 is 0 Å². The van der Waals surface area contributed by atoms with E-state index in [0.29, 0.717) is 11.4 Å². The maximum absolute atomic E-state index is 12.3. The molecule has 1 aliphatic carbocycles. The second kappa shape index (κ2) is 5.63. The molecular weight excluding hydrogens is 254 g/mol. The number of rotatable bonds is 3. The van der Waals surface area contributed by atoms with E-state index in [9.17, 15) is 9.59 Å². The Morgan fingerprint density at radius 1 is 1.20 bits per heavy atom. The van der Waals surface area contributed by atoms with Crippen LogP contribution in [0.15, 0.2) is 24.3 Å². The summed E-state index contributed by atoms with van der Waals surface area (Å²) in [6.07, 6.45) is 2.71. The molecule has 0 aromatic heterocycles. The van der Waals surface area contributed by atoms with Crippen LogP contribution in [0.4, 0.5) is 11.4 Å². The fraction of sp³-hybridized carbons (Fsp3) is 0.467. The second-order valence-electron chi connectivity index (χ2n) is 5.63. The molecule has 0 bridgehead atoms. The Bertz CT molecular complexity index is 512. The lowest BCUT2D eigenvalue weighted by Gasteiger charge is -2.27. The second-order valence-corrected chi connectivity index (χ2v) is 5.63. The highest BCUT2D eigenvalue weighted by molar-refractivity contribution is 5.96. The number of benzene rings is 1. The molecule has 5 heteroatoms. The maximum atomic E-state index is 12.3. The Balaban J connectivity index is 2.03. The van der Waals surface area contributed by atoms with Crippen molar-refractivity contribution >= 4 is 23.2 Å². The van der Waals surface area contributed by atoms with Crippen molar-refractivity contribution in [1.82, 2.24) is 0 Å². The summed E-state index contributed by atoms with van der Waals surface area (Å²) in [4.78, 5) is 23.3. The Morgan fingerprint density at radius 2 is 1.75 bits per heavy atom. The maximum Gasteiger partial charge on any atom is 0.231 e. The average molecular weight is 275 g/mol. The number of carbonyl (C=O) groups excluding carboxylic acids is 2. The van der Waals surface area contributed by atoms with Crippen LogP contribution in [0.25, 0.3) is 0 Å². The van der Waals surface area contributed by atoms with E-state index in [1.165, 1.54) is 6.92 Å². The molecule has 2 amide bonds. The van der Waals surface area contributed by atoms with Gasteiger partial charge in [-0.25, -0.2) is 0 Å². The lowest BCUT2D eigenvalue weighted by molar-refractivity contribution is -0.125. The SMILES string of the molecule is CC(=O)Nc1ccc(NC(=O)C2(C)CCCC2N)cc1. The monoisotopic (exact) mass is 275 g/mol. The smallest absolute Gasteiger partial charge is 0.231 e. The number of nitrogens with two attached hydrogens (primary N) is 1. The van der Waals surface area contributed by atoms with Gasteiger partial charge in [-0.2, -0.15) is 0 Å². The predicted molar refractivity (Wildman–Crippen MR) is 79.3 cm³/mol. The molecule has 1 aromatic carbocycles. The van der Waals surface area contributed by atoms with Crippen LogP contribution in [0.1, 0.15) is 33.1 Å². The quantitative estimate of drug-likeness (QED) is 0.789. The molecule has 1 aromatic rings. The third-order valence-electron chi connectivity index (χ3n) is 4.01. The molecule has 1 aliphatic rings. The Morgan fingerprint density at radius 3 is 2.20 bits per heavy atom. The molecule has 0 aliphatic heterocycles. The lowest BCUT2D eigenvalue weighted by atomic mass is 9.84. The van der Waals surface area contributed by atoms with Gasteiger partial charge in [-0.3, -0.25) is 9.59 Å². The normalized spacial score (nSPS) is 25.2. The number of anilines is 2. The molecule has 1 saturated carbocycles. The Hall–Kier alpha value is -1.88. The summed E-state index contributed by atoms with van der Waals surface area (Å²) in [5.74, 6) is -0.152. The van der Waals surface area contributed by atoms with Crippen molar-refractivity contribution in [3.8, 4) is 0 Å². The lowest BCUT2D eigenvalue weighted by Crippen LogP contribution is -2.44. The summed E-state index contributed by atoms with van der Waals surface area (Å²) in [5.41, 5.74) is 6.97. The number of hydrogen-bond donors (Lipinski definition) is 3. The summed E-state index contributed by atoms with van der Waals surface area (Å²) < 4.78 is 0. The molecule has 5 nitrogen and oxygen atoms in total. The predicted octanol–water partition coefficient (Wildman–Crippen LogP) is 2.10. The van der Waals surface area contributed by atoms with Crippen LogP contribution in [0.3, 0.4) is 0 Å². The van der Waals surface area contributed by atoms with Gasteiger partial charge < -0.3 is 16.4 Å². The molecule has 20 heavy (non-hydrogen) atoms. The number of carbonyl (C=O) groups is 2. The first-order valence-electron chi connectivity index (χ1n) is 6.86. The Kier molecular flexibility index (Phi) is 4.09. The summed E-state index contributed by atoms with van der Waals surface area (Å²) in [5, 5.41) is 5.59. The first kappa shape index (κ1) is 14.5. The third-order valence-corrected chi connectivity index (χ3v) is 4.01. The van der Waals surface area contributed by atoms with Gasteiger partial charge in [0.1, 0.15) is 0 Å². The minimum Gasteiger partial charge on any atom is -0.327 e. The van der Waals surface area contributed by atoms with Crippen LogP contribution in [0, 0.1) is 5.41 Å². The van der Waals surface area contributed by atoms with E-state index in [-0.39, 0.29) is 17.9 Å². The number of amides is 2. The van der Waals surface area contributed by atoms with Crippen molar-refractivity contribution in [2.45, 2.75) is 39.2 Å². The van der Waals surface area contributed by atoms with E-state index in [1.54, 1.807) is 24.3 Å². The summed E-state index contributed by atoms with van der Waals surface area (Å²) in [6.45, 7) is 3.38. The van der Waals surface area contributed by atoms with E-state index < -0.39 is 5.41 Å².